The molecule has 1 amide bonds. The number of Topliss-reactive ketones (excluding diaryl/α,β-unsaturated/α-hetero) is 1. The number of hydrogen-bond donors (Lipinski definition) is 1. The van der Waals surface area contributed by atoms with Crippen LogP contribution in [0, 0.1) is 5.82 Å². The van der Waals surface area contributed by atoms with Gasteiger partial charge in [-0.1, -0.05) is 18.2 Å². The van der Waals surface area contributed by atoms with Crippen molar-refractivity contribution in [3.63, 3.8) is 0 Å². The highest BCUT2D eigenvalue weighted by Gasteiger charge is 2.46. The molecule has 0 bridgehead atoms. The van der Waals surface area contributed by atoms with Crippen LogP contribution < -0.4 is 5.32 Å². The smallest absolute Gasteiger partial charge is 0.337 e. The summed E-state index contributed by atoms with van der Waals surface area (Å²) < 4.78 is 19.6. The topological polar surface area (TPSA) is 75.7 Å². The molecule has 3 aliphatic rings. The maximum absolute atomic E-state index is 14.7. The molecule has 6 nitrogen and oxygen atoms in total. The number of piperazine rings is 1. The summed E-state index contributed by atoms with van der Waals surface area (Å²) in [5.74, 6) is -2.73. The number of carbonyl (C=O) groups excluding carboxylic acids is 3. The van der Waals surface area contributed by atoms with Gasteiger partial charge in [0.05, 0.1) is 18.6 Å². The van der Waals surface area contributed by atoms with Gasteiger partial charge < -0.3 is 15.0 Å². The van der Waals surface area contributed by atoms with Gasteiger partial charge in [0.15, 0.2) is 5.78 Å². The van der Waals surface area contributed by atoms with Crippen molar-refractivity contribution in [2.45, 2.75) is 25.2 Å². The number of amides is 1. The predicted octanol–water partition coefficient (Wildman–Crippen LogP) is 1.79. The van der Waals surface area contributed by atoms with Gasteiger partial charge in [0.1, 0.15) is 11.5 Å². The van der Waals surface area contributed by atoms with Crippen LogP contribution in [0.2, 0.25) is 0 Å². The maximum Gasteiger partial charge on any atom is 0.337 e. The summed E-state index contributed by atoms with van der Waals surface area (Å²) in [7, 11) is 1.21. The first-order valence-corrected chi connectivity index (χ1v) is 8.93. The van der Waals surface area contributed by atoms with E-state index in [-0.39, 0.29) is 22.6 Å². The van der Waals surface area contributed by atoms with Crippen LogP contribution in [-0.2, 0) is 19.1 Å². The average Bonchev–Trinajstić information content (AvgIpc) is 2.67. The fourth-order valence-corrected chi connectivity index (χ4v) is 4.22. The molecule has 0 saturated carbocycles. The fourth-order valence-electron chi connectivity index (χ4n) is 4.22. The molecule has 1 N–H and O–H groups in total. The van der Waals surface area contributed by atoms with E-state index in [9.17, 15) is 18.8 Å². The Morgan fingerprint density at radius 1 is 1.26 bits per heavy atom. The molecule has 1 atom stereocenters. The van der Waals surface area contributed by atoms with Crippen LogP contribution in [0.1, 0.15) is 30.7 Å². The lowest BCUT2D eigenvalue weighted by molar-refractivity contribution is -0.137. The number of benzene rings is 1. The lowest BCUT2D eigenvalue weighted by Gasteiger charge is -2.43. The molecule has 27 heavy (non-hydrogen) atoms. The quantitative estimate of drug-likeness (QED) is 0.804. The van der Waals surface area contributed by atoms with Crippen molar-refractivity contribution in [3.8, 4) is 0 Å². The number of ether oxygens (including phenoxy) is 1. The number of nitrogens with one attached hydrogen (secondary N) is 1. The molecule has 1 aromatic carbocycles. The summed E-state index contributed by atoms with van der Waals surface area (Å²) in [4.78, 5) is 40.0. The highest BCUT2D eigenvalue weighted by atomic mass is 19.1. The molecule has 2 aliphatic heterocycles. The Morgan fingerprint density at radius 2 is 2.04 bits per heavy atom. The minimum Gasteiger partial charge on any atom is -0.466 e. The Morgan fingerprint density at radius 3 is 2.78 bits per heavy atom. The number of methoxy groups -OCH3 is 1. The van der Waals surface area contributed by atoms with E-state index >= 15 is 0 Å². The van der Waals surface area contributed by atoms with Crippen molar-refractivity contribution in [1.29, 1.82) is 0 Å². The highest BCUT2D eigenvalue weighted by Crippen LogP contribution is 2.47. The highest BCUT2D eigenvalue weighted by molar-refractivity contribution is 6.09. The third-order valence-corrected chi connectivity index (χ3v) is 5.31. The number of carbonyl (C=O) groups is 3. The molecule has 4 rings (SSSR count). The first-order chi connectivity index (χ1) is 13.0. The normalized spacial score (nSPS) is 22.3. The molecule has 0 spiro atoms. The summed E-state index contributed by atoms with van der Waals surface area (Å²) >= 11 is 0. The second-order valence-electron chi connectivity index (χ2n) is 6.75. The number of ketones is 1. The number of allylic oxidation sites excluding steroid dienone is 2. The number of halogens is 1. The van der Waals surface area contributed by atoms with Gasteiger partial charge in [0.25, 0.3) is 5.91 Å². The van der Waals surface area contributed by atoms with Crippen molar-refractivity contribution in [1.82, 2.24) is 10.2 Å². The summed E-state index contributed by atoms with van der Waals surface area (Å²) in [6.45, 7) is 0.865. The first kappa shape index (κ1) is 17.5. The Balaban J connectivity index is 2.04. The minimum absolute atomic E-state index is 0.0220. The van der Waals surface area contributed by atoms with Crippen LogP contribution >= 0.6 is 0 Å². The predicted molar refractivity (Wildman–Crippen MR) is 93.8 cm³/mol. The molecule has 7 heteroatoms. The largest absolute Gasteiger partial charge is 0.466 e. The number of fused-ring (bicyclic) bond motifs is 2. The van der Waals surface area contributed by atoms with Crippen LogP contribution in [-0.4, -0.2) is 42.8 Å². The molecule has 1 saturated heterocycles. The van der Waals surface area contributed by atoms with Gasteiger partial charge in [0.2, 0.25) is 0 Å². The molecule has 1 aliphatic carbocycles. The van der Waals surface area contributed by atoms with E-state index < -0.39 is 23.6 Å². The molecule has 140 valence electrons. The minimum atomic E-state index is -0.948. The summed E-state index contributed by atoms with van der Waals surface area (Å²) in [5.41, 5.74) is 1.51. The number of rotatable bonds is 2. The zero-order valence-electron chi connectivity index (χ0n) is 14.9. The number of nitrogens with zero attached hydrogens (tertiary/aromatic N) is 1. The van der Waals surface area contributed by atoms with Crippen molar-refractivity contribution in [2.24, 2.45) is 0 Å². The lowest BCUT2D eigenvalue weighted by atomic mass is 9.74. The zero-order chi connectivity index (χ0) is 19.1. The molecule has 2 heterocycles. The summed E-state index contributed by atoms with van der Waals surface area (Å²) in [6, 6.07) is 6.03. The third-order valence-electron chi connectivity index (χ3n) is 5.31. The average molecular weight is 370 g/mol. The monoisotopic (exact) mass is 370 g/mol. The molecule has 0 radical (unpaired) electrons. The second kappa shape index (κ2) is 6.64. The van der Waals surface area contributed by atoms with Gasteiger partial charge in [0, 0.05) is 36.3 Å². The van der Waals surface area contributed by atoms with Crippen LogP contribution in [0.15, 0.2) is 46.8 Å². The molecule has 0 unspecified atom stereocenters. The summed E-state index contributed by atoms with van der Waals surface area (Å²) in [5, 5.41) is 2.74. The van der Waals surface area contributed by atoms with Crippen molar-refractivity contribution >= 4 is 17.7 Å². The van der Waals surface area contributed by atoms with Crippen LogP contribution in [0.5, 0.6) is 0 Å². The SMILES string of the molecule is COC(=O)C1=C2C(=O)NCCN2C2=C(C(=O)CCC2)[C@H]1c1ccccc1F. The van der Waals surface area contributed by atoms with E-state index in [4.69, 9.17) is 4.74 Å². The maximum atomic E-state index is 14.7. The van der Waals surface area contributed by atoms with Gasteiger partial charge in [-0.25, -0.2) is 9.18 Å². The van der Waals surface area contributed by atoms with Crippen molar-refractivity contribution in [3.05, 3.63) is 58.2 Å². The molecule has 1 fully saturated rings. The van der Waals surface area contributed by atoms with E-state index in [1.807, 2.05) is 0 Å². The van der Waals surface area contributed by atoms with Crippen molar-refractivity contribution < 1.29 is 23.5 Å². The number of esters is 1. The standard InChI is InChI=1S/C20H19FN2O4/c1-27-20(26)17-15(11-5-2-3-6-12(11)21)16-13(7-4-8-14(16)24)23-10-9-22-19(25)18(17)23/h2-3,5-6,15H,4,7-10H2,1H3,(H,22,25)/t15-/m1/s1. The van der Waals surface area contributed by atoms with Gasteiger partial charge in [-0.2, -0.15) is 0 Å². The van der Waals surface area contributed by atoms with E-state index in [0.29, 0.717) is 37.9 Å². The van der Waals surface area contributed by atoms with Crippen LogP contribution in [0.3, 0.4) is 0 Å². The molecule has 1 aromatic rings. The summed E-state index contributed by atoms with van der Waals surface area (Å²) in [6.07, 6.45) is 1.62. The van der Waals surface area contributed by atoms with Gasteiger partial charge in [-0.3, -0.25) is 9.59 Å². The zero-order valence-corrected chi connectivity index (χ0v) is 14.9. The first-order valence-electron chi connectivity index (χ1n) is 8.93. The van der Waals surface area contributed by atoms with Gasteiger partial charge >= 0.3 is 5.97 Å². The fraction of sp³-hybridized carbons (Fsp3) is 0.350. The Hall–Kier alpha value is -2.96. The second-order valence-corrected chi connectivity index (χ2v) is 6.75. The number of hydrogen-bond acceptors (Lipinski definition) is 5. The molecular formula is C20H19FN2O4. The van der Waals surface area contributed by atoms with E-state index in [0.717, 1.165) is 5.70 Å². The van der Waals surface area contributed by atoms with Gasteiger partial charge in [-0.05, 0) is 18.9 Å². The molecular weight excluding hydrogens is 351 g/mol. The van der Waals surface area contributed by atoms with Crippen LogP contribution in [0.4, 0.5) is 4.39 Å². The van der Waals surface area contributed by atoms with E-state index in [1.165, 1.54) is 13.2 Å². The Labute approximate surface area is 155 Å². The molecule has 0 aromatic heterocycles. The Bertz CT molecular complexity index is 918. The third kappa shape index (κ3) is 2.65. The van der Waals surface area contributed by atoms with E-state index in [2.05, 4.69) is 5.32 Å². The van der Waals surface area contributed by atoms with E-state index in [1.54, 1.807) is 23.1 Å². The van der Waals surface area contributed by atoms with Gasteiger partial charge in [-0.15, -0.1) is 0 Å². The van der Waals surface area contributed by atoms with Crippen molar-refractivity contribution in [2.75, 3.05) is 20.2 Å². The lowest BCUT2D eigenvalue weighted by Crippen LogP contribution is -2.50. The Kier molecular flexibility index (Phi) is 4.30. The van der Waals surface area contributed by atoms with Crippen LogP contribution in [0.25, 0.3) is 0 Å².